The van der Waals surface area contributed by atoms with E-state index in [-0.39, 0.29) is 0 Å². The van der Waals surface area contributed by atoms with Crippen LogP contribution in [0.15, 0.2) is 11.4 Å². The first-order valence-electron chi connectivity index (χ1n) is 6.08. The van der Waals surface area contributed by atoms with Crippen LogP contribution in [0.3, 0.4) is 0 Å². The molecule has 0 aromatic carbocycles. The molecule has 0 bridgehead atoms. The zero-order valence-corrected chi connectivity index (χ0v) is 10.6. The molecule has 1 fully saturated rings. The summed E-state index contributed by atoms with van der Waals surface area (Å²) in [5.74, 6) is 1.03. The van der Waals surface area contributed by atoms with Crippen LogP contribution in [0, 0.1) is 5.92 Å². The molecule has 2 rings (SSSR count). The van der Waals surface area contributed by atoms with Crippen molar-refractivity contribution in [1.82, 2.24) is 5.32 Å². The van der Waals surface area contributed by atoms with Gasteiger partial charge in [0, 0.05) is 17.5 Å². The minimum absolute atomic E-state index is 0.685. The van der Waals surface area contributed by atoms with E-state index in [0.717, 1.165) is 18.9 Å². The van der Waals surface area contributed by atoms with E-state index >= 15 is 0 Å². The van der Waals surface area contributed by atoms with Crippen LogP contribution in [0.2, 0.25) is 0 Å². The number of nitrogens with one attached hydrogen (secondary N) is 1. The van der Waals surface area contributed by atoms with Gasteiger partial charge in [-0.3, -0.25) is 0 Å². The summed E-state index contributed by atoms with van der Waals surface area (Å²) in [6.07, 6.45) is 5.46. The highest BCUT2D eigenvalue weighted by Crippen LogP contribution is 2.33. The molecule has 1 N–H and O–H groups in total. The molecule has 1 saturated carbocycles. The summed E-state index contributed by atoms with van der Waals surface area (Å²) in [6.45, 7) is 5.62. The highest BCUT2D eigenvalue weighted by Gasteiger charge is 2.23. The van der Waals surface area contributed by atoms with Crippen LogP contribution in [0.5, 0.6) is 0 Å². The first-order valence-corrected chi connectivity index (χ1v) is 6.96. The molecule has 1 aliphatic carbocycles. The fraction of sp³-hybridized carbons (Fsp3) is 0.692. The van der Waals surface area contributed by atoms with E-state index in [9.17, 15) is 0 Å². The zero-order valence-electron chi connectivity index (χ0n) is 9.75. The van der Waals surface area contributed by atoms with Crippen molar-refractivity contribution in [2.75, 3.05) is 0 Å². The average molecular weight is 223 g/mol. The van der Waals surface area contributed by atoms with E-state index in [4.69, 9.17) is 0 Å². The zero-order chi connectivity index (χ0) is 10.7. The maximum atomic E-state index is 3.64. The molecule has 0 spiro atoms. The molecule has 1 nitrogen and oxygen atoms in total. The Labute approximate surface area is 96.9 Å². The summed E-state index contributed by atoms with van der Waals surface area (Å²) in [6, 6.07) is 2.94. The standard InChI is InChI=1S/C13H21NS/c1-3-12-6-7-15-13(12)9-14-10(2)8-11-4-5-11/h6-7,10-11,14H,3-5,8-9H2,1-2H3. The molecule has 1 aromatic rings. The van der Waals surface area contributed by atoms with Crippen LogP contribution in [-0.4, -0.2) is 6.04 Å². The number of rotatable bonds is 6. The Morgan fingerprint density at radius 2 is 2.33 bits per heavy atom. The van der Waals surface area contributed by atoms with Crippen molar-refractivity contribution in [3.8, 4) is 0 Å². The van der Waals surface area contributed by atoms with E-state index in [2.05, 4.69) is 30.6 Å². The number of hydrogen-bond acceptors (Lipinski definition) is 2. The molecule has 1 heterocycles. The highest BCUT2D eigenvalue weighted by atomic mass is 32.1. The predicted molar refractivity (Wildman–Crippen MR) is 67.3 cm³/mol. The van der Waals surface area contributed by atoms with Crippen LogP contribution in [-0.2, 0) is 13.0 Å². The maximum absolute atomic E-state index is 3.64. The van der Waals surface area contributed by atoms with Crippen LogP contribution < -0.4 is 5.32 Å². The van der Waals surface area contributed by atoms with E-state index < -0.39 is 0 Å². The Morgan fingerprint density at radius 1 is 1.53 bits per heavy atom. The Morgan fingerprint density at radius 3 is 3.00 bits per heavy atom. The minimum Gasteiger partial charge on any atom is -0.309 e. The lowest BCUT2D eigenvalue weighted by atomic mass is 10.1. The van der Waals surface area contributed by atoms with Crippen LogP contribution in [0.25, 0.3) is 0 Å². The third-order valence-corrected chi connectivity index (χ3v) is 4.18. The Bertz CT molecular complexity index is 301. The van der Waals surface area contributed by atoms with Crippen molar-refractivity contribution in [3.63, 3.8) is 0 Å². The number of aryl methyl sites for hydroxylation is 1. The summed E-state index contributed by atoms with van der Waals surface area (Å²) in [7, 11) is 0. The smallest absolute Gasteiger partial charge is 0.0304 e. The second-order valence-electron chi connectivity index (χ2n) is 4.68. The van der Waals surface area contributed by atoms with Gasteiger partial charge in [-0.2, -0.15) is 0 Å². The Kier molecular flexibility index (Phi) is 3.81. The van der Waals surface area contributed by atoms with Gasteiger partial charge in [0.1, 0.15) is 0 Å². The number of thiophene rings is 1. The molecular formula is C13H21NS. The first-order chi connectivity index (χ1) is 7.29. The van der Waals surface area contributed by atoms with Gasteiger partial charge in [0.05, 0.1) is 0 Å². The lowest BCUT2D eigenvalue weighted by Crippen LogP contribution is -2.25. The molecule has 84 valence electrons. The van der Waals surface area contributed by atoms with Crippen LogP contribution in [0.1, 0.15) is 43.6 Å². The van der Waals surface area contributed by atoms with Crippen molar-refractivity contribution in [2.24, 2.45) is 5.92 Å². The SMILES string of the molecule is CCc1ccsc1CNC(C)CC1CC1. The third kappa shape index (κ3) is 3.32. The largest absolute Gasteiger partial charge is 0.309 e. The van der Waals surface area contributed by atoms with Crippen molar-refractivity contribution in [1.29, 1.82) is 0 Å². The molecule has 1 unspecified atom stereocenters. The normalized spacial score (nSPS) is 18.0. The summed E-state index contributed by atoms with van der Waals surface area (Å²) in [4.78, 5) is 1.53. The molecule has 1 atom stereocenters. The van der Waals surface area contributed by atoms with Crippen molar-refractivity contribution >= 4 is 11.3 Å². The summed E-state index contributed by atoms with van der Waals surface area (Å²) in [5.41, 5.74) is 1.52. The van der Waals surface area contributed by atoms with Gasteiger partial charge in [0.15, 0.2) is 0 Å². The second-order valence-corrected chi connectivity index (χ2v) is 5.68. The molecule has 1 aromatic heterocycles. The van der Waals surface area contributed by atoms with Gasteiger partial charge in [-0.25, -0.2) is 0 Å². The molecule has 1 aliphatic rings. The Balaban J connectivity index is 1.76. The highest BCUT2D eigenvalue weighted by molar-refractivity contribution is 7.10. The summed E-state index contributed by atoms with van der Waals surface area (Å²) >= 11 is 1.89. The van der Waals surface area contributed by atoms with Crippen molar-refractivity contribution < 1.29 is 0 Å². The quantitative estimate of drug-likeness (QED) is 0.777. The monoisotopic (exact) mass is 223 g/mol. The average Bonchev–Trinajstić information content (AvgIpc) is 2.92. The molecule has 0 saturated heterocycles. The predicted octanol–water partition coefficient (Wildman–Crippen LogP) is 3.59. The van der Waals surface area contributed by atoms with Gasteiger partial charge >= 0.3 is 0 Å². The van der Waals surface area contributed by atoms with Crippen molar-refractivity contribution in [2.45, 2.75) is 52.1 Å². The maximum Gasteiger partial charge on any atom is 0.0304 e. The van der Waals surface area contributed by atoms with E-state index in [0.29, 0.717) is 6.04 Å². The third-order valence-electron chi connectivity index (χ3n) is 3.21. The summed E-state index contributed by atoms with van der Waals surface area (Å²) in [5, 5.41) is 5.85. The van der Waals surface area contributed by atoms with Crippen molar-refractivity contribution in [3.05, 3.63) is 21.9 Å². The van der Waals surface area contributed by atoms with Gasteiger partial charge in [0.2, 0.25) is 0 Å². The van der Waals surface area contributed by atoms with Crippen LogP contribution >= 0.6 is 11.3 Å². The lowest BCUT2D eigenvalue weighted by molar-refractivity contribution is 0.489. The molecule has 15 heavy (non-hydrogen) atoms. The summed E-state index contributed by atoms with van der Waals surface area (Å²) < 4.78 is 0. The fourth-order valence-electron chi connectivity index (χ4n) is 2.04. The van der Waals surface area contributed by atoms with Gasteiger partial charge in [-0.05, 0) is 42.7 Å². The van der Waals surface area contributed by atoms with E-state index in [1.807, 2.05) is 11.3 Å². The van der Waals surface area contributed by atoms with E-state index in [1.54, 1.807) is 0 Å². The molecule has 0 amide bonds. The van der Waals surface area contributed by atoms with E-state index in [1.165, 1.54) is 29.7 Å². The Hall–Kier alpha value is -0.340. The molecule has 0 aliphatic heterocycles. The fourth-order valence-corrected chi connectivity index (χ4v) is 2.97. The van der Waals surface area contributed by atoms with Crippen LogP contribution in [0.4, 0.5) is 0 Å². The lowest BCUT2D eigenvalue weighted by Gasteiger charge is -2.13. The van der Waals surface area contributed by atoms with Gasteiger partial charge in [-0.15, -0.1) is 11.3 Å². The number of hydrogen-bond donors (Lipinski definition) is 1. The topological polar surface area (TPSA) is 12.0 Å². The molecular weight excluding hydrogens is 202 g/mol. The molecule has 2 heteroatoms. The van der Waals surface area contributed by atoms with Gasteiger partial charge in [-0.1, -0.05) is 19.8 Å². The molecule has 0 radical (unpaired) electrons. The second kappa shape index (κ2) is 5.13. The van der Waals surface area contributed by atoms with Gasteiger partial charge < -0.3 is 5.32 Å². The first kappa shape index (κ1) is 11.2. The minimum atomic E-state index is 0.685. The van der Waals surface area contributed by atoms with Gasteiger partial charge in [0.25, 0.3) is 0 Å².